The molecule has 0 aliphatic heterocycles. The fraction of sp³-hybridized carbons (Fsp3) is 0.0682. The first-order chi connectivity index (χ1) is 22.6. The monoisotopic (exact) mass is 588 g/mol. The van der Waals surface area contributed by atoms with Gasteiger partial charge in [0.2, 0.25) is 0 Å². The van der Waals surface area contributed by atoms with Crippen molar-refractivity contribution in [2.24, 2.45) is 0 Å². The van der Waals surface area contributed by atoms with Crippen molar-refractivity contribution in [1.82, 2.24) is 9.55 Å². The van der Waals surface area contributed by atoms with E-state index in [1.807, 2.05) is 6.07 Å². The van der Waals surface area contributed by atoms with E-state index in [0.717, 1.165) is 28.1 Å². The number of imidazole rings is 1. The van der Waals surface area contributed by atoms with E-state index in [1.54, 1.807) is 0 Å². The van der Waals surface area contributed by atoms with Gasteiger partial charge < -0.3 is 0 Å². The molecule has 9 rings (SSSR count). The second-order valence-corrected chi connectivity index (χ2v) is 12.8. The number of benzene rings is 7. The zero-order valence-corrected chi connectivity index (χ0v) is 25.9. The maximum atomic E-state index is 5.04. The SMILES string of the molecule is CC1(C)c2cc(-c3ccccc3)ccc2-c2c1cc(-c1ccc(-n3c(-c4ccccc4)nc4ccccc43)cc1)c1ccccc21. The molecule has 0 unspecified atom stereocenters. The zero-order valence-electron chi connectivity index (χ0n) is 25.9. The molecule has 0 fully saturated rings. The van der Waals surface area contributed by atoms with E-state index in [2.05, 4.69) is 170 Å². The fourth-order valence-electron chi connectivity index (χ4n) is 7.49. The average Bonchev–Trinajstić information content (AvgIpc) is 3.61. The van der Waals surface area contributed by atoms with Crippen molar-refractivity contribution >= 4 is 21.8 Å². The van der Waals surface area contributed by atoms with Gasteiger partial charge in [-0.25, -0.2) is 4.98 Å². The molecule has 1 heterocycles. The first-order valence-electron chi connectivity index (χ1n) is 16.0. The van der Waals surface area contributed by atoms with Crippen molar-refractivity contribution in [2.45, 2.75) is 19.3 Å². The Morgan fingerprint density at radius 1 is 0.478 bits per heavy atom. The summed E-state index contributed by atoms with van der Waals surface area (Å²) in [7, 11) is 0. The molecule has 1 aromatic heterocycles. The number of fused-ring (bicyclic) bond motifs is 6. The molecule has 0 spiro atoms. The summed E-state index contributed by atoms with van der Waals surface area (Å²) in [6, 6.07) is 57.0. The van der Waals surface area contributed by atoms with Gasteiger partial charge in [-0.1, -0.05) is 135 Å². The zero-order chi connectivity index (χ0) is 30.8. The predicted molar refractivity (Wildman–Crippen MR) is 192 cm³/mol. The minimum atomic E-state index is -0.130. The third kappa shape index (κ3) is 4.00. The van der Waals surface area contributed by atoms with Crippen LogP contribution >= 0.6 is 0 Å². The van der Waals surface area contributed by atoms with Crippen LogP contribution in [-0.2, 0) is 5.41 Å². The molecule has 0 saturated heterocycles. The second-order valence-electron chi connectivity index (χ2n) is 12.8. The van der Waals surface area contributed by atoms with Crippen molar-refractivity contribution in [3.05, 3.63) is 169 Å². The highest BCUT2D eigenvalue weighted by Gasteiger charge is 2.37. The summed E-state index contributed by atoms with van der Waals surface area (Å²) in [6.45, 7) is 4.76. The third-order valence-corrected chi connectivity index (χ3v) is 9.82. The maximum Gasteiger partial charge on any atom is 0.145 e. The summed E-state index contributed by atoms with van der Waals surface area (Å²) in [5, 5.41) is 2.59. The summed E-state index contributed by atoms with van der Waals surface area (Å²) in [6.07, 6.45) is 0. The van der Waals surface area contributed by atoms with E-state index in [0.29, 0.717) is 0 Å². The van der Waals surface area contributed by atoms with Gasteiger partial charge >= 0.3 is 0 Å². The molecule has 2 heteroatoms. The molecule has 0 atom stereocenters. The lowest BCUT2D eigenvalue weighted by molar-refractivity contribution is 0.661. The van der Waals surface area contributed by atoms with E-state index in [4.69, 9.17) is 4.98 Å². The summed E-state index contributed by atoms with van der Waals surface area (Å²) in [5.41, 5.74) is 14.7. The van der Waals surface area contributed by atoms with Crippen molar-refractivity contribution in [2.75, 3.05) is 0 Å². The largest absolute Gasteiger partial charge is 0.292 e. The topological polar surface area (TPSA) is 17.8 Å². The van der Waals surface area contributed by atoms with Crippen molar-refractivity contribution in [3.8, 4) is 50.5 Å². The molecule has 46 heavy (non-hydrogen) atoms. The van der Waals surface area contributed by atoms with Gasteiger partial charge in [0.05, 0.1) is 11.0 Å². The average molecular weight is 589 g/mol. The Morgan fingerprint density at radius 2 is 1.11 bits per heavy atom. The first kappa shape index (κ1) is 26.7. The maximum absolute atomic E-state index is 5.04. The van der Waals surface area contributed by atoms with Crippen LogP contribution < -0.4 is 0 Å². The summed E-state index contributed by atoms with van der Waals surface area (Å²) < 4.78 is 2.28. The molecule has 0 N–H and O–H groups in total. The Kier molecular flexibility index (Phi) is 5.88. The van der Waals surface area contributed by atoms with Gasteiger partial charge in [0, 0.05) is 16.7 Å². The Morgan fingerprint density at radius 3 is 1.87 bits per heavy atom. The molecule has 218 valence electrons. The van der Waals surface area contributed by atoms with Gasteiger partial charge in [0.1, 0.15) is 5.82 Å². The van der Waals surface area contributed by atoms with Crippen LogP contribution in [0.3, 0.4) is 0 Å². The van der Waals surface area contributed by atoms with Crippen LogP contribution in [0.25, 0.3) is 72.3 Å². The van der Waals surface area contributed by atoms with Crippen LogP contribution in [0.1, 0.15) is 25.0 Å². The summed E-state index contributed by atoms with van der Waals surface area (Å²) in [5.74, 6) is 0.951. The lowest BCUT2D eigenvalue weighted by Gasteiger charge is -2.23. The highest BCUT2D eigenvalue weighted by Crippen LogP contribution is 2.54. The van der Waals surface area contributed by atoms with Crippen molar-refractivity contribution < 1.29 is 0 Å². The van der Waals surface area contributed by atoms with Crippen molar-refractivity contribution in [1.29, 1.82) is 0 Å². The first-order valence-corrected chi connectivity index (χ1v) is 16.0. The van der Waals surface area contributed by atoms with Gasteiger partial charge in [-0.3, -0.25) is 4.57 Å². The number of nitrogens with zero attached hydrogens (tertiary/aromatic N) is 2. The minimum absolute atomic E-state index is 0.130. The molecular formula is C44H32N2. The molecular weight excluding hydrogens is 556 g/mol. The molecule has 0 bridgehead atoms. The molecule has 7 aromatic carbocycles. The van der Waals surface area contributed by atoms with E-state index < -0.39 is 0 Å². The van der Waals surface area contributed by atoms with Crippen LogP contribution in [0, 0.1) is 0 Å². The number of aromatic nitrogens is 2. The molecule has 0 radical (unpaired) electrons. The van der Waals surface area contributed by atoms with Crippen LogP contribution in [0.2, 0.25) is 0 Å². The highest BCUT2D eigenvalue weighted by molar-refractivity contribution is 6.09. The number of hydrogen-bond acceptors (Lipinski definition) is 1. The fourth-order valence-corrected chi connectivity index (χ4v) is 7.49. The quantitative estimate of drug-likeness (QED) is 0.200. The molecule has 0 saturated carbocycles. The molecule has 1 aliphatic carbocycles. The summed E-state index contributed by atoms with van der Waals surface area (Å²) >= 11 is 0. The molecule has 2 nitrogen and oxygen atoms in total. The van der Waals surface area contributed by atoms with Gasteiger partial charge in [-0.05, 0) is 91.7 Å². The van der Waals surface area contributed by atoms with Crippen LogP contribution in [-0.4, -0.2) is 9.55 Å². The Labute approximate surface area is 269 Å². The number of rotatable bonds is 4. The molecule has 8 aromatic rings. The smallest absolute Gasteiger partial charge is 0.145 e. The van der Waals surface area contributed by atoms with E-state index in [-0.39, 0.29) is 5.41 Å². The lowest BCUT2D eigenvalue weighted by Crippen LogP contribution is -2.15. The Hall–Kier alpha value is -5.73. The standard InChI is InChI=1S/C44H32N2/c1-44(2)38-27-32(29-13-5-3-6-14-29)23-26-36(38)42-35-18-10-9-17-34(35)37(28-39(42)44)30-21-24-33(25-22-30)46-41-20-12-11-19-40(41)45-43(46)31-15-7-4-8-16-31/h3-28H,1-2H3. The third-order valence-electron chi connectivity index (χ3n) is 9.82. The normalized spacial score (nSPS) is 13.2. The predicted octanol–water partition coefficient (Wildman–Crippen LogP) is 11.5. The van der Waals surface area contributed by atoms with Gasteiger partial charge in [-0.15, -0.1) is 0 Å². The Bertz CT molecular complexity index is 2410. The van der Waals surface area contributed by atoms with Crippen LogP contribution in [0.4, 0.5) is 0 Å². The second kappa shape index (κ2) is 10.2. The minimum Gasteiger partial charge on any atom is -0.292 e. The van der Waals surface area contributed by atoms with Gasteiger partial charge in [0.25, 0.3) is 0 Å². The molecule has 0 amide bonds. The molecule has 1 aliphatic rings. The van der Waals surface area contributed by atoms with Crippen molar-refractivity contribution in [3.63, 3.8) is 0 Å². The number of hydrogen-bond donors (Lipinski definition) is 0. The van der Waals surface area contributed by atoms with Gasteiger partial charge in [-0.2, -0.15) is 0 Å². The van der Waals surface area contributed by atoms with E-state index >= 15 is 0 Å². The van der Waals surface area contributed by atoms with E-state index in [1.165, 1.54) is 55.3 Å². The summed E-state index contributed by atoms with van der Waals surface area (Å²) in [4.78, 5) is 5.04. The van der Waals surface area contributed by atoms with Crippen LogP contribution in [0.15, 0.2) is 158 Å². The van der Waals surface area contributed by atoms with E-state index in [9.17, 15) is 0 Å². The highest BCUT2D eigenvalue weighted by atomic mass is 15.1. The number of para-hydroxylation sites is 2. The lowest BCUT2D eigenvalue weighted by atomic mass is 9.80. The van der Waals surface area contributed by atoms with Gasteiger partial charge in [0.15, 0.2) is 0 Å². The van der Waals surface area contributed by atoms with Crippen LogP contribution in [0.5, 0.6) is 0 Å². The Balaban J connectivity index is 1.19.